The molecule has 2 heterocycles. The molecule has 1 aliphatic heterocycles. The molecule has 0 atom stereocenters. The molecule has 0 fully saturated rings. The Morgan fingerprint density at radius 3 is 2.62 bits per heavy atom. The summed E-state index contributed by atoms with van der Waals surface area (Å²) in [5.74, 6) is -0.885. The predicted octanol–water partition coefficient (Wildman–Crippen LogP) is 2.57. The van der Waals surface area contributed by atoms with E-state index in [4.69, 9.17) is 0 Å². The minimum atomic E-state index is -3.92. The van der Waals surface area contributed by atoms with Crippen molar-refractivity contribution >= 4 is 27.5 Å². The average molecular weight is 409 g/mol. The highest BCUT2D eigenvalue weighted by atomic mass is 32.2. The molecular formula is C21H19N3O4S. The van der Waals surface area contributed by atoms with Crippen LogP contribution in [-0.2, 0) is 16.4 Å². The fourth-order valence-electron chi connectivity index (χ4n) is 3.21. The fraction of sp³-hybridized carbons (Fsp3) is 0.143. The summed E-state index contributed by atoms with van der Waals surface area (Å²) >= 11 is 0. The highest BCUT2D eigenvalue weighted by molar-refractivity contribution is 7.90. The van der Waals surface area contributed by atoms with Gasteiger partial charge in [-0.1, -0.05) is 29.8 Å². The van der Waals surface area contributed by atoms with Crippen LogP contribution in [0.15, 0.2) is 65.7 Å². The van der Waals surface area contributed by atoms with E-state index in [1.165, 1.54) is 42.1 Å². The lowest BCUT2D eigenvalue weighted by molar-refractivity contribution is 0.0952. The summed E-state index contributed by atoms with van der Waals surface area (Å²) in [5.41, 5.74) is 2.66. The first kappa shape index (κ1) is 18.9. The van der Waals surface area contributed by atoms with Gasteiger partial charge in [0.05, 0.1) is 5.69 Å². The zero-order valence-electron chi connectivity index (χ0n) is 15.7. The number of fused-ring (bicyclic) bond motifs is 2. The molecule has 3 aromatic rings. The number of benzene rings is 2. The van der Waals surface area contributed by atoms with Gasteiger partial charge in [0, 0.05) is 18.3 Å². The molecule has 29 heavy (non-hydrogen) atoms. The largest absolute Gasteiger partial charge is 0.352 e. The summed E-state index contributed by atoms with van der Waals surface area (Å²) in [6.45, 7) is 2.45. The number of nitrogens with zero attached hydrogens (tertiary/aromatic N) is 1. The Morgan fingerprint density at radius 1 is 1.10 bits per heavy atom. The Kier molecular flexibility index (Phi) is 4.71. The van der Waals surface area contributed by atoms with Crippen molar-refractivity contribution in [3.05, 3.63) is 83.2 Å². The van der Waals surface area contributed by atoms with Gasteiger partial charge in [-0.2, -0.15) is 0 Å². The molecule has 1 aromatic heterocycles. The SMILES string of the molecule is Cc1ccc(CCNC(=O)c2ccc3c(c2)NC(=O)c2cccn2S3(=O)=O)cc1. The highest BCUT2D eigenvalue weighted by Gasteiger charge is 2.30. The third-order valence-electron chi connectivity index (χ3n) is 4.79. The molecule has 0 bridgehead atoms. The molecule has 0 saturated heterocycles. The second kappa shape index (κ2) is 7.21. The van der Waals surface area contributed by atoms with E-state index in [1.807, 2.05) is 31.2 Å². The van der Waals surface area contributed by atoms with E-state index < -0.39 is 15.9 Å². The Balaban J connectivity index is 1.53. The molecular weight excluding hydrogens is 390 g/mol. The van der Waals surface area contributed by atoms with Crippen LogP contribution in [0, 0.1) is 6.92 Å². The Hall–Kier alpha value is -3.39. The number of carbonyl (C=O) groups is 2. The molecule has 0 saturated carbocycles. The van der Waals surface area contributed by atoms with Crippen LogP contribution in [0.25, 0.3) is 0 Å². The molecule has 0 aliphatic carbocycles. The maximum Gasteiger partial charge on any atom is 0.273 e. The second-order valence-corrected chi connectivity index (χ2v) is 8.63. The topological polar surface area (TPSA) is 97.3 Å². The molecule has 0 unspecified atom stereocenters. The number of hydrogen-bond acceptors (Lipinski definition) is 4. The summed E-state index contributed by atoms with van der Waals surface area (Å²) in [6.07, 6.45) is 2.00. The van der Waals surface area contributed by atoms with Crippen LogP contribution in [0.4, 0.5) is 5.69 Å². The van der Waals surface area contributed by atoms with E-state index in [-0.39, 0.29) is 27.7 Å². The molecule has 1 aliphatic rings. The number of carbonyl (C=O) groups excluding carboxylic acids is 2. The number of hydrogen-bond donors (Lipinski definition) is 2. The standard InChI is InChI=1S/C21H19N3O4S/c1-14-4-6-15(7-5-14)10-11-22-20(25)16-8-9-19-17(13-16)23-21(26)18-3-2-12-24(18)29(19,27)28/h2-9,12-13H,10-11H2,1H3,(H,22,25)(H,23,26). The highest BCUT2D eigenvalue weighted by Crippen LogP contribution is 2.29. The van der Waals surface area contributed by atoms with E-state index in [9.17, 15) is 18.0 Å². The minimum Gasteiger partial charge on any atom is -0.352 e. The summed E-state index contributed by atoms with van der Waals surface area (Å²) in [4.78, 5) is 24.8. The second-order valence-electron chi connectivity index (χ2n) is 6.85. The van der Waals surface area contributed by atoms with Crippen molar-refractivity contribution in [3.63, 3.8) is 0 Å². The third-order valence-corrected chi connectivity index (χ3v) is 6.54. The third kappa shape index (κ3) is 3.54. The normalized spacial score (nSPS) is 14.3. The minimum absolute atomic E-state index is 0.0188. The van der Waals surface area contributed by atoms with Gasteiger partial charge < -0.3 is 10.6 Å². The van der Waals surface area contributed by atoms with E-state index in [1.54, 1.807) is 0 Å². The number of aryl methyl sites for hydroxylation is 1. The van der Waals surface area contributed by atoms with Crippen LogP contribution >= 0.6 is 0 Å². The molecule has 0 spiro atoms. The van der Waals surface area contributed by atoms with Gasteiger partial charge in [0.15, 0.2) is 0 Å². The van der Waals surface area contributed by atoms with Crippen LogP contribution < -0.4 is 10.6 Å². The molecule has 148 valence electrons. The summed E-state index contributed by atoms with van der Waals surface area (Å²) in [5, 5.41) is 5.41. The predicted molar refractivity (Wildman–Crippen MR) is 109 cm³/mol. The van der Waals surface area contributed by atoms with Gasteiger partial charge in [-0.05, 0) is 49.2 Å². The van der Waals surface area contributed by atoms with Crippen LogP contribution in [0.1, 0.15) is 32.0 Å². The molecule has 2 aromatic carbocycles. The number of nitrogens with one attached hydrogen (secondary N) is 2. The van der Waals surface area contributed by atoms with Gasteiger partial charge in [0.25, 0.3) is 21.8 Å². The Morgan fingerprint density at radius 2 is 1.86 bits per heavy atom. The lowest BCUT2D eigenvalue weighted by Gasteiger charge is -2.10. The van der Waals surface area contributed by atoms with Gasteiger partial charge in [-0.15, -0.1) is 0 Å². The molecule has 2 N–H and O–H groups in total. The molecule has 8 heteroatoms. The van der Waals surface area contributed by atoms with Crippen molar-refractivity contribution in [1.82, 2.24) is 9.29 Å². The van der Waals surface area contributed by atoms with Crippen molar-refractivity contribution in [2.45, 2.75) is 18.2 Å². The molecule has 2 amide bonds. The lowest BCUT2D eigenvalue weighted by atomic mass is 10.1. The van der Waals surface area contributed by atoms with Crippen molar-refractivity contribution < 1.29 is 18.0 Å². The van der Waals surface area contributed by atoms with Crippen LogP contribution in [0.3, 0.4) is 0 Å². The van der Waals surface area contributed by atoms with Gasteiger partial charge >= 0.3 is 0 Å². The van der Waals surface area contributed by atoms with E-state index >= 15 is 0 Å². The van der Waals surface area contributed by atoms with Crippen molar-refractivity contribution in [2.75, 3.05) is 11.9 Å². The first-order valence-corrected chi connectivity index (χ1v) is 10.5. The zero-order chi connectivity index (χ0) is 20.6. The van der Waals surface area contributed by atoms with Crippen molar-refractivity contribution in [1.29, 1.82) is 0 Å². The number of rotatable bonds is 4. The first-order valence-electron chi connectivity index (χ1n) is 9.08. The average Bonchev–Trinajstić information content (AvgIpc) is 3.18. The van der Waals surface area contributed by atoms with Gasteiger partial charge in [0.1, 0.15) is 10.6 Å². The van der Waals surface area contributed by atoms with E-state index in [0.29, 0.717) is 13.0 Å². The molecule has 0 radical (unpaired) electrons. The number of aromatic nitrogens is 1. The van der Waals surface area contributed by atoms with E-state index in [0.717, 1.165) is 9.54 Å². The molecule has 7 nitrogen and oxygen atoms in total. The summed E-state index contributed by atoms with van der Waals surface area (Å²) in [7, 11) is -3.92. The maximum absolute atomic E-state index is 12.8. The molecule has 4 rings (SSSR count). The maximum atomic E-state index is 12.8. The van der Waals surface area contributed by atoms with Gasteiger partial charge in [-0.25, -0.2) is 12.4 Å². The van der Waals surface area contributed by atoms with Crippen molar-refractivity contribution in [3.8, 4) is 0 Å². The Labute approximate surface area is 168 Å². The van der Waals surface area contributed by atoms with Gasteiger partial charge in [0.2, 0.25) is 0 Å². The smallest absolute Gasteiger partial charge is 0.273 e. The van der Waals surface area contributed by atoms with Gasteiger partial charge in [-0.3, -0.25) is 9.59 Å². The van der Waals surface area contributed by atoms with E-state index in [2.05, 4.69) is 10.6 Å². The van der Waals surface area contributed by atoms with Crippen LogP contribution in [0.5, 0.6) is 0 Å². The quantitative estimate of drug-likeness (QED) is 0.692. The lowest BCUT2D eigenvalue weighted by Crippen LogP contribution is -2.26. The zero-order valence-corrected chi connectivity index (χ0v) is 16.5. The van der Waals surface area contributed by atoms with Crippen LogP contribution in [-0.4, -0.2) is 30.7 Å². The van der Waals surface area contributed by atoms with Crippen LogP contribution in [0.2, 0.25) is 0 Å². The summed E-state index contributed by atoms with van der Waals surface area (Å²) in [6, 6.07) is 15.2. The number of anilines is 1. The number of amides is 2. The fourth-order valence-corrected chi connectivity index (χ4v) is 4.69. The Bertz CT molecular complexity index is 1210. The monoisotopic (exact) mass is 409 g/mol. The summed E-state index contributed by atoms with van der Waals surface area (Å²) < 4.78 is 26.6. The van der Waals surface area contributed by atoms with Crippen molar-refractivity contribution in [2.24, 2.45) is 0 Å². The first-order chi connectivity index (χ1) is 13.9.